The lowest BCUT2D eigenvalue weighted by Gasteiger charge is -2.11. The number of aromatic nitrogens is 1. The minimum Gasteiger partial charge on any atom is -0.326 e. The maximum Gasteiger partial charge on any atom is 0.274 e. The Balaban J connectivity index is 1.50. The van der Waals surface area contributed by atoms with Crippen LogP contribution < -0.4 is 10.6 Å². The van der Waals surface area contributed by atoms with E-state index in [1.54, 1.807) is 54.6 Å². The molecule has 2 aromatic carbocycles. The van der Waals surface area contributed by atoms with Gasteiger partial charge in [0.2, 0.25) is 5.91 Å². The van der Waals surface area contributed by atoms with Gasteiger partial charge >= 0.3 is 0 Å². The van der Waals surface area contributed by atoms with Crippen LogP contribution >= 0.6 is 58.0 Å². The minimum atomic E-state index is -1.31. The quantitative estimate of drug-likeness (QED) is 0.356. The fourth-order valence-corrected chi connectivity index (χ4v) is 4.96. The second-order valence-corrected chi connectivity index (χ2v) is 9.91. The Morgan fingerprint density at radius 3 is 2.28 bits per heavy atom. The molecule has 0 bridgehead atoms. The predicted molar refractivity (Wildman–Crippen MR) is 129 cm³/mol. The van der Waals surface area contributed by atoms with Crippen molar-refractivity contribution in [2.75, 3.05) is 10.6 Å². The third-order valence-electron chi connectivity index (χ3n) is 4.96. The molecule has 0 spiro atoms. The number of nitrogens with one attached hydrogen (secondary N) is 2. The number of hydrogen-bond acceptors (Lipinski definition) is 3. The van der Waals surface area contributed by atoms with E-state index in [-0.39, 0.29) is 11.6 Å². The summed E-state index contributed by atoms with van der Waals surface area (Å²) in [5.41, 5.74) is 1.63. The van der Waals surface area contributed by atoms with Gasteiger partial charge < -0.3 is 10.6 Å². The molecule has 10 heteroatoms. The first-order chi connectivity index (χ1) is 15.2. The molecule has 4 rings (SSSR count). The largest absolute Gasteiger partial charge is 0.326 e. The van der Waals surface area contributed by atoms with E-state index in [0.29, 0.717) is 32.0 Å². The summed E-state index contributed by atoms with van der Waals surface area (Å²) in [6, 6.07) is 14.6. The lowest BCUT2D eigenvalue weighted by molar-refractivity contribution is -0.117. The molecule has 1 saturated carbocycles. The third-order valence-corrected chi connectivity index (χ3v) is 6.67. The van der Waals surface area contributed by atoms with E-state index in [4.69, 9.17) is 58.0 Å². The van der Waals surface area contributed by atoms with Gasteiger partial charge in [0, 0.05) is 27.8 Å². The number of alkyl halides is 2. The van der Waals surface area contributed by atoms with Crippen LogP contribution in [-0.4, -0.2) is 21.1 Å². The topological polar surface area (TPSA) is 71.1 Å². The van der Waals surface area contributed by atoms with Gasteiger partial charge in [0.15, 0.2) is 0 Å². The highest BCUT2D eigenvalue weighted by Crippen LogP contribution is 2.65. The molecule has 2 atom stereocenters. The van der Waals surface area contributed by atoms with E-state index < -0.39 is 22.1 Å². The number of amides is 2. The summed E-state index contributed by atoms with van der Waals surface area (Å²) >= 11 is 31.1. The van der Waals surface area contributed by atoms with Gasteiger partial charge in [0.1, 0.15) is 10.0 Å². The van der Waals surface area contributed by atoms with E-state index in [0.717, 1.165) is 0 Å². The van der Waals surface area contributed by atoms with Crippen molar-refractivity contribution >= 4 is 81.2 Å². The van der Waals surface area contributed by atoms with Gasteiger partial charge in [-0.1, -0.05) is 40.9 Å². The van der Waals surface area contributed by atoms with Crippen molar-refractivity contribution in [2.24, 2.45) is 5.92 Å². The molecule has 1 aliphatic carbocycles. The second-order valence-electron chi connectivity index (χ2n) is 7.19. The Labute approximate surface area is 209 Å². The molecule has 1 aliphatic rings. The molecule has 32 heavy (non-hydrogen) atoms. The standard InChI is InChI=1S/C22H14Cl5N3O2/c23-12-7-11(8-13(24)9-12)18-19(22(18,26)27)21(32)29-14-4-5-15(25)17(10-14)30-20(31)16-3-1-2-6-28-16/h1-10,18-19H,(H,29,32)(H,30,31)/t18-,19+/m0/s1. The first kappa shape index (κ1) is 23.1. The highest BCUT2D eigenvalue weighted by atomic mass is 35.5. The Morgan fingerprint density at radius 1 is 0.906 bits per heavy atom. The fraction of sp³-hybridized carbons (Fsp3) is 0.136. The number of benzene rings is 2. The molecule has 0 saturated heterocycles. The summed E-state index contributed by atoms with van der Waals surface area (Å²) in [6.45, 7) is 0. The Kier molecular flexibility index (Phi) is 6.57. The van der Waals surface area contributed by atoms with E-state index in [1.165, 1.54) is 6.20 Å². The number of carbonyl (C=O) groups excluding carboxylic acids is 2. The number of carbonyl (C=O) groups is 2. The van der Waals surface area contributed by atoms with E-state index in [2.05, 4.69) is 15.6 Å². The average molecular weight is 530 g/mol. The van der Waals surface area contributed by atoms with E-state index >= 15 is 0 Å². The van der Waals surface area contributed by atoms with Gasteiger partial charge in [0.25, 0.3) is 5.91 Å². The summed E-state index contributed by atoms with van der Waals surface area (Å²) < 4.78 is -1.31. The Bertz CT molecular complexity index is 1180. The zero-order chi connectivity index (χ0) is 23.0. The molecule has 0 radical (unpaired) electrons. The van der Waals surface area contributed by atoms with Crippen LogP contribution in [0, 0.1) is 5.92 Å². The van der Waals surface area contributed by atoms with Gasteiger partial charge in [-0.3, -0.25) is 14.6 Å². The second kappa shape index (κ2) is 9.08. The first-order valence-electron chi connectivity index (χ1n) is 9.33. The first-order valence-corrected chi connectivity index (χ1v) is 11.2. The van der Waals surface area contributed by atoms with Crippen molar-refractivity contribution in [1.82, 2.24) is 4.98 Å². The maximum atomic E-state index is 12.9. The fourth-order valence-electron chi connectivity index (χ4n) is 3.42. The zero-order valence-electron chi connectivity index (χ0n) is 16.1. The lowest BCUT2D eigenvalue weighted by Crippen LogP contribution is -2.18. The normalized spacial score (nSPS) is 18.7. The molecule has 2 amide bonds. The van der Waals surface area contributed by atoms with Crippen LogP contribution in [0.2, 0.25) is 15.1 Å². The monoisotopic (exact) mass is 527 g/mol. The van der Waals surface area contributed by atoms with Crippen LogP contribution in [0.4, 0.5) is 11.4 Å². The number of rotatable bonds is 5. The molecule has 5 nitrogen and oxygen atoms in total. The predicted octanol–water partition coefficient (Wildman–Crippen LogP) is 6.82. The van der Waals surface area contributed by atoms with Crippen molar-refractivity contribution < 1.29 is 9.59 Å². The summed E-state index contributed by atoms with van der Waals surface area (Å²) in [5, 5.41) is 6.60. The van der Waals surface area contributed by atoms with Crippen LogP contribution in [-0.2, 0) is 4.79 Å². The van der Waals surface area contributed by atoms with Gasteiger partial charge in [-0.05, 0) is 54.1 Å². The van der Waals surface area contributed by atoms with Gasteiger partial charge in [-0.15, -0.1) is 23.2 Å². The molecule has 2 N–H and O–H groups in total. The summed E-state index contributed by atoms with van der Waals surface area (Å²) in [6.07, 6.45) is 1.51. The smallest absolute Gasteiger partial charge is 0.274 e. The zero-order valence-corrected chi connectivity index (χ0v) is 19.9. The average Bonchev–Trinajstić information content (AvgIpc) is 3.32. The SMILES string of the molecule is O=C(Nc1cc(NC(=O)[C@H]2[C@H](c3cc(Cl)cc(Cl)c3)C2(Cl)Cl)ccc1Cl)c1ccccn1. The van der Waals surface area contributed by atoms with E-state index in [1.807, 2.05) is 0 Å². The number of hydrogen-bond donors (Lipinski definition) is 2. The molecule has 164 valence electrons. The molecule has 0 unspecified atom stereocenters. The van der Waals surface area contributed by atoms with Crippen molar-refractivity contribution in [1.29, 1.82) is 0 Å². The summed E-state index contributed by atoms with van der Waals surface area (Å²) in [7, 11) is 0. The number of halogens is 5. The maximum absolute atomic E-state index is 12.9. The molecular weight excluding hydrogens is 516 g/mol. The Hall–Kier alpha value is -2.02. The number of pyridine rings is 1. The van der Waals surface area contributed by atoms with Crippen LogP contribution in [0.5, 0.6) is 0 Å². The van der Waals surface area contributed by atoms with Crippen LogP contribution in [0.3, 0.4) is 0 Å². The van der Waals surface area contributed by atoms with Crippen molar-refractivity contribution in [3.63, 3.8) is 0 Å². The summed E-state index contributed by atoms with van der Waals surface area (Å²) in [5.74, 6) is -2.02. The lowest BCUT2D eigenvalue weighted by atomic mass is 10.1. The molecule has 1 fully saturated rings. The number of anilines is 2. The molecule has 1 heterocycles. The van der Waals surface area contributed by atoms with E-state index in [9.17, 15) is 9.59 Å². The highest BCUT2D eigenvalue weighted by molar-refractivity contribution is 6.53. The molecule has 3 aromatic rings. The Morgan fingerprint density at radius 2 is 1.62 bits per heavy atom. The molecular formula is C22H14Cl5N3O2. The minimum absolute atomic E-state index is 0.230. The van der Waals surface area contributed by atoms with Crippen molar-refractivity contribution in [3.8, 4) is 0 Å². The summed E-state index contributed by atoms with van der Waals surface area (Å²) in [4.78, 5) is 29.3. The van der Waals surface area contributed by atoms with Crippen LogP contribution in [0.15, 0.2) is 60.8 Å². The van der Waals surface area contributed by atoms with Crippen LogP contribution in [0.1, 0.15) is 22.0 Å². The van der Waals surface area contributed by atoms with Gasteiger partial charge in [-0.25, -0.2) is 0 Å². The molecule has 0 aliphatic heterocycles. The van der Waals surface area contributed by atoms with Crippen molar-refractivity contribution in [2.45, 2.75) is 10.3 Å². The van der Waals surface area contributed by atoms with Gasteiger partial charge in [0.05, 0.1) is 16.6 Å². The highest BCUT2D eigenvalue weighted by Gasteiger charge is 2.67. The van der Waals surface area contributed by atoms with Gasteiger partial charge in [-0.2, -0.15) is 0 Å². The van der Waals surface area contributed by atoms with Crippen LogP contribution in [0.25, 0.3) is 0 Å². The third kappa shape index (κ3) is 4.82. The van der Waals surface area contributed by atoms with Crippen molar-refractivity contribution in [3.05, 3.63) is 87.1 Å². The number of nitrogens with zero attached hydrogens (tertiary/aromatic N) is 1. The molecule has 1 aromatic heterocycles.